The summed E-state index contributed by atoms with van der Waals surface area (Å²) in [5.41, 5.74) is 1.07. The molecule has 1 rings (SSSR count). The molecule has 0 aliphatic carbocycles. The monoisotopic (exact) mass is 182 g/mol. The van der Waals surface area contributed by atoms with E-state index in [1.54, 1.807) is 0 Å². The second-order valence-electron chi connectivity index (χ2n) is 2.87. The molecule has 0 bridgehead atoms. The van der Waals surface area contributed by atoms with E-state index in [1.807, 2.05) is 30.3 Å². The molecule has 0 unspecified atom stereocenters. The normalized spacial score (nSPS) is 11.1. The Bertz CT molecular complexity index is 331. The Morgan fingerprint density at radius 2 is 1.83 bits per heavy atom. The Labute approximate surface area is 73.7 Å². The van der Waals surface area contributed by atoms with Gasteiger partial charge in [-0.25, -0.2) is 8.42 Å². The molecule has 0 N–H and O–H groups in total. The average Bonchev–Trinajstić information content (AvgIpc) is 2.02. The van der Waals surface area contributed by atoms with Gasteiger partial charge in [-0.15, -0.1) is 0 Å². The molecular formula is C8H11BO2S. The van der Waals surface area contributed by atoms with Crippen LogP contribution in [0.15, 0.2) is 30.3 Å². The zero-order chi connectivity index (χ0) is 9.03. The molecule has 2 nitrogen and oxygen atoms in total. The maximum Gasteiger partial charge on any atom is 0.277 e. The first-order valence-electron chi connectivity index (χ1n) is 3.79. The van der Waals surface area contributed by atoms with Crippen LogP contribution >= 0.6 is 0 Å². The maximum absolute atomic E-state index is 10.8. The van der Waals surface area contributed by atoms with Crippen molar-refractivity contribution in [1.29, 1.82) is 0 Å². The average molecular weight is 182 g/mol. The third-order valence-corrected chi connectivity index (χ3v) is 2.55. The van der Waals surface area contributed by atoms with Crippen LogP contribution in [0.1, 0.15) is 5.56 Å². The molecule has 0 fully saturated rings. The van der Waals surface area contributed by atoms with Gasteiger partial charge in [0.05, 0.1) is 9.69 Å². The lowest BCUT2D eigenvalue weighted by atomic mass is 9.96. The summed E-state index contributed by atoms with van der Waals surface area (Å²) in [6, 6.07) is 9.62. The smallest absolute Gasteiger partial charge is 0.242 e. The van der Waals surface area contributed by atoms with Gasteiger partial charge < -0.3 is 0 Å². The van der Waals surface area contributed by atoms with Gasteiger partial charge in [0.15, 0.2) is 0 Å². The Hall–Kier alpha value is -0.765. The summed E-state index contributed by atoms with van der Waals surface area (Å²) in [6.07, 6.45) is 1.87. The number of hydrogen-bond acceptors (Lipinski definition) is 2. The molecule has 64 valence electrons. The van der Waals surface area contributed by atoms with Crippen LogP contribution < -0.4 is 0 Å². The third-order valence-electron chi connectivity index (χ3n) is 1.60. The van der Waals surface area contributed by atoms with Gasteiger partial charge in [0.1, 0.15) is 0 Å². The second kappa shape index (κ2) is 3.76. The Morgan fingerprint density at radius 3 is 2.33 bits per heavy atom. The van der Waals surface area contributed by atoms with E-state index < -0.39 is 9.69 Å². The quantitative estimate of drug-likeness (QED) is 0.641. The predicted molar refractivity (Wildman–Crippen MR) is 52.1 cm³/mol. The fourth-order valence-electron chi connectivity index (χ4n) is 0.948. The third kappa shape index (κ3) is 3.58. The fourth-order valence-corrected chi connectivity index (χ4v) is 1.55. The summed E-state index contributed by atoms with van der Waals surface area (Å²) >= 11 is 0. The van der Waals surface area contributed by atoms with Gasteiger partial charge in [0.25, 0.3) is 6.56 Å². The molecule has 0 heterocycles. The summed E-state index contributed by atoms with van der Waals surface area (Å²) in [4.78, 5) is 0. The molecule has 0 saturated heterocycles. The lowest BCUT2D eigenvalue weighted by Gasteiger charge is -1.96. The van der Waals surface area contributed by atoms with Crippen molar-refractivity contribution in [2.45, 2.75) is 6.32 Å². The van der Waals surface area contributed by atoms with Crippen molar-refractivity contribution in [3.63, 3.8) is 0 Å². The highest BCUT2D eigenvalue weighted by atomic mass is 32.2. The topological polar surface area (TPSA) is 34.1 Å². The summed E-state index contributed by atoms with van der Waals surface area (Å²) in [7, 11) is -2.82. The van der Waals surface area contributed by atoms with Crippen LogP contribution in [0.3, 0.4) is 0 Å². The Morgan fingerprint density at radius 1 is 1.25 bits per heavy atom. The maximum atomic E-state index is 10.8. The summed E-state index contributed by atoms with van der Waals surface area (Å²) < 4.78 is 21.6. The van der Waals surface area contributed by atoms with Crippen molar-refractivity contribution in [2.75, 3.05) is 6.26 Å². The van der Waals surface area contributed by atoms with Crippen LogP contribution in [0, 0.1) is 0 Å². The number of hydrogen-bond donors (Lipinski definition) is 0. The Balaban J connectivity index is 2.56. The van der Waals surface area contributed by atoms with Gasteiger partial charge in [-0.3, -0.25) is 0 Å². The number of benzene rings is 1. The first kappa shape index (κ1) is 9.32. The van der Waals surface area contributed by atoms with Crippen LogP contribution in [0.2, 0.25) is 0 Å². The van der Waals surface area contributed by atoms with Crippen molar-refractivity contribution in [3.8, 4) is 0 Å². The standard InChI is InChI=1S/C8H11BO2S/c1-12(10,11)9-7-8-5-3-2-4-6-8/h2-6,9H,7H2,1H3. The highest BCUT2D eigenvalue weighted by Gasteiger charge is 2.05. The minimum absolute atomic E-state index is 0.233. The van der Waals surface area contributed by atoms with Crippen LogP contribution in [0.5, 0.6) is 0 Å². The number of rotatable bonds is 3. The largest absolute Gasteiger partial charge is 0.277 e. The zero-order valence-corrected chi connectivity index (χ0v) is 7.84. The molecular weight excluding hydrogens is 171 g/mol. The molecule has 0 radical (unpaired) electrons. The van der Waals surface area contributed by atoms with Crippen molar-refractivity contribution in [1.82, 2.24) is 0 Å². The van der Waals surface area contributed by atoms with E-state index in [2.05, 4.69) is 0 Å². The van der Waals surface area contributed by atoms with Crippen molar-refractivity contribution in [3.05, 3.63) is 35.9 Å². The fraction of sp³-hybridized carbons (Fsp3) is 0.250. The van der Waals surface area contributed by atoms with Crippen LogP contribution in [-0.4, -0.2) is 21.2 Å². The van der Waals surface area contributed by atoms with E-state index in [1.165, 1.54) is 6.26 Å². The highest BCUT2D eigenvalue weighted by Crippen LogP contribution is 1.99. The van der Waals surface area contributed by atoms with Gasteiger partial charge in [-0.05, 0) is 6.32 Å². The van der Waals surface area contributed by atoms with E-state index >= 15 is 0 Å². The molecule has 0 atom stereocenters. The van der Waals surface area contributed by atoms with Gasteiger partial charge in [0, 0.05) is 6.26 Å². The van der Waals surface area contributed by atoms with Gasteiger partial charge in [-0.2, -0.15) is 0 Å². The van der Waals surface area contributed by atoms with Crippen LogP contribution in [-0.2, 0) is 16.0 Å². The first-order chi connectivity index (χ1) is 5.58. The van der Waals surface area contributed by atoms with Crippen LogP contribution in [0.4, 0.5) is 0 Å². The molecule has 12 heavy (non-hydrogen) atoms. The summed E-state index contributed by atoms with van der Waals surface area (Å²) in [5, 5.41) is 0. The minimum atomic E-state index is -2.82. The van der Waals surface area contributed by atoms with Crippen molar-refractivity contribution < 1.29 is 8.42 Å². The minimum Gasteiger partial charge on any atom is -0.242 e. The molecule has 0 spiro atoms. The zero-order valence-electron chi connectivity index (χ0n) is 7.03. The van der Waals surface area contributed by atoms with Gasteiger partial charge in [-0.1, -0.05) is 35.9 Å². The lowest BCUT2D eigenvalue weighted by Crippen LogP contribution is -2.10. The lowest BCUT2D eigenvalue weighted by molar-refractivity contribution is 0.614. The van der Waals surface area contributed by atoms with Crippen molar-refractivity contribution in [2.24, 2.45) is 0 Å². The summed E-state index contributed by atoms with van der Waals surface area (Å²) in [5.74, 6) is 0. The summed E-state index contributed by atoms with van der Waals surface area (Å²) in [6.45, 7) is 0.233. The SMILES string of the molecule is CS(=O)(=O)BCc1ccccc1. The molecule has 0 aromatic heterocycles. The van der Waals surface area contributed by atoms with Crippen LogP contribution in [0.25, 0.3) is 0 Å². The molecule has 1 aromatic rings. The molecule has 0 saturated carbocycles. The molecule has 0 amide bonds. The molecule has 4 heteroatoms. The molecule has 0 aliphatic heterocycles. The van der Waals surface area contributed by atoms with Gasteiger partial charge >= 0.3 is 0 Å². The predicted octanol–water partition coefficient (Wildman–Crippen LogP) is 0.583. The first-order valence-corrected chi connectivity index (χ1v) is 5.86. The second-order valence-corrected chi connectivity index (χ2v) is 5.13. The van der Waals surface area contributed by atoms with E-state index in [0.717, 1.165) is 5.56 Å². The van der Waals surface area contributed by atoms with Crippen molar-refractivity contribution >= 4 is 16.2 Å². The van der Waals surface area contributed by atoms with Gasteiger partial charge in [0.2, 0.25) is 0 Å². The van der Waals surface area contributed by atoms with E-state index in [0.29, 0.717) is 6.32 Å². The van der Waals surface area contributed by atoms with E-state index in [9.17, 15) is 8.42 Å². The molecule has 0 aliphatic rings. The Kier molecular flexibility index (Phi) is 2.92. The van der Waals surface area contributed by atoms with E-state index in [4.69, 9.17) is 0 Å². The molecule has 1 aromatic carbocycles. The van der Waals surface area contributed by atoms with E-state index in [-0.39, 0.29) is 6.56 Å². The highest BCUT2D eigenvalue weighted by molar-refractivity contribution is 8.14.